The highest BCUT2D eigenvalue weighted by atomic mass is 79.9. The van der Waals surface area contributed by atoms with E-state index < -0.39 is 0 Å². The third-order valence-electron chi connectivity index (χ3n) is 3.39. The van der Waals surface area contributed by atoms with Gasteiger partial charge in [-0.15, -0.1) is 0 Å². The van der Waals surface area contributed by atoms with Gasteiger partial charge in [0.25, 0.3) is 5.91 Å². The zero-order chi connectivity index (χ0) is 14.6. The van der Waals surface area contributed by atoms with Crippen molar-refractivity contribution in [3.05, 3.63) is 36.2 Å². The van der Waals surface area contributed by atoms with Crippen LogP contribution < -0.4 is 5.32 Å². The molecule has 0 fully saturated rings. The molecule has 0 aliphatic carbocycles. The molecule has 0 aromatic carbocycles. The Morgan fingerprint density at radius 2 is 2.25 bits per heavy atom. The van der Waals surface area contributed by atoms with E-state index in [1.165, 1.54) is 0 Å². The van der Waals surface area contributed by atoms with Crippen molar-refractivity contribution in [2.75, 3.05) is 11.9 Å². The summed E-state index contributed by atoms with van der Waals surface area (Å²) in [7, 11) is 0. The van der Waals surface area contributed by atoms with Crippen LogP contribution in [0.2, 0.25) is 0 Å². The summed E-state index contributed by atoms with van der Waals surface area (Å²) in [6, 6.07) is 5.71. The topological polar surface area (TPSA) is 46.4 Å². The summed E-state index contributed by atoms with van der Waals surface area (Å²) >= 11 is 3.44. The van der Waals surface area contributed by atoms with Crippen LogP contribution in [0.5, 0.6) is 0 Å². The number of nitrogens with zero attached hydrogens (tertiary/aromatic N) is 2. The van der Waals surface area contributed by atoms with Crippen LogP contribution in [0.25, 0.3) is 5.52 Å². The molecular weight excluding hydrogens is 318 g/mol. The Morgan fingerprint density at radius 1 is 1.45 bits per heavy atom. The molecular formula is C15H20BrN3O. The molecule has 0 aliphatic rings. The van der Waals surface area contributed by atoms with Crippen molar-refractivity contribution in [2.24, 2.45) is 5.41 Å². The lowest BCUT2D eigenvalue weighted by atomic mass is 9.88. The van der Waals surface area contributed by atoms with Crippen molar-refractivity contribution in [2.45, 2.75) is 26.7 Å². The molecule has 2 rings (SSSR count). The highest BCUT2D eigenvalue weighted by Crippen LogP contribution is 2.22. The molecule has 0 bridgehead atoms. The Bertz CT molecular complexity index is 592. The van der Waals surface area contributed by atoms with E-state index in [0.717, 1.165) is 23.7 Å². The molecule has 0 saturated heterocycles. The standard InChI is InChI=1S/C15H20BrN3O/c1-15(2,7-5-8-16)11-17-14(20)12-10-18-19-9-4-3-6-13(12)19/h3-4,6,9-10H,5,7-8,11H2,1-2H3,(H,17,20). The molecule has 4 nitrogen and oxygen atoms in total. The normalized spacial score (nSPS) is 11.8. The lowest BCUT2D eigenvalue weighted by molar-refractivity contribution is 0.0936. The average Bonchev–Trinajstić information content (AvgIpc) is 2.87. The number of fused-ring (bicyclic) bond motifs is 1. The summed E-state index contributed by atoms with van der Waals surface area (Å²) in [5.74, 6) is -0.0573. The van der Waals surface area contributed by atoms with E-state index >= 15 is 0 Å². The van der Waals surface area contributed by atoms with E-state index in [2.05, 4.69) is 40.2 Å². The predicted octanol–water partition coefficient (Wildman–Crippen LogP) is 3.27. The molecule has 1 amide bonds. The lowest BCUT2D eigenvalue weighted by Gasteiger charge is -2.24. The van der Waals surface area contributed by atoms with Gasteiger partial charge in [-0.1, -0.05) is 35.8 Å². The second kappa shape index (κ2) is 6.39. The number of carbonyl (C=O) groups excluding carboxylic acids is 1. The molecule has 2 aromatic rings. The number of nitrogens with one attached hydrogen (secondary N) is 1. The summed E-state index contributed by atoms with van der Waals surface area (Å²) in [6.45, 7) is 5.01. The summed E-state index contributed by atoms with van der Waals surface area (Å²) in [5.41, 5.74) is 1.57. The third kappa shape index (κ3) is 3.60. The maximum Gasteiger partial charge on any atom is 0.255 e. The minimum absolute atomic E-state index is 0.0573. The molecule has 108 valence electrons. The van der Waals surface area contributed by atoms with E-state index in [1.807, 2.05) is 24.4 Å². The summed E-state index contributed by atoms with van der Waals surface area (Å²) in [5, 5.41) is 8.20. The van der Waals surface area contributed by atoms with Gasteiger partial charge < -0.3 is 5.32 Å². The molecule has 20 heavy (non-hydrogen) atoms. The van der Waals surface area contributed by atoms with Crippen molar-refractivity contribution in [3.8, 4) is 0 Å². The van der Waals surface area contributed by atoms with Gasteiger partial charge >= 0.3 is 0 Å². The van der Waals surface area contributed by atoms with Gasteiger partial charge in [0.15, 0.2) is 0 Å². The van der Waals surface area contributed by atoms with Crippen molar-refractivity contribution >= 4 is 27.4 Å². The van der Waals surface area contributed by atoms with E-state index in [1.54, 1.807) is 10.7 Å². The van der Waals surface area contributed by atoms with Crippen LogP contribution >= 0.6 is 15.9 Å². The molecule has 0 atom stereocenters. The Hall–Kier alpha value is -1.36. The van der Waals surface area contributed by atoms with Crippen molar-refractivity contribution in [1.29, 1.82) is 0 Å². The van der Waals surface area contributed by atoms with Gasteiger partial charge in [0.2, 0.25) is 0 Å². The largest absolute Gasteiger partial charge is 0.351 e. The number of hydrogen-bond donors (Lipinski definition) is 1. The van der Waals surface area contributed by atoms with Crippen molar-refractivity contribution in [1.82, 2.24) is 14.9 Å². The fourth-order valence-electron chi connectivity index (χ4n) is 2.16. The summed E-state index contributed by atoms with van der Waals surface area (Å²) in [4.78, 5) is 12.3. The maximum atomic E-state index is 12.3. The first-order valence-electron chi connectivity index (χ1n) is 6.80. The van der Waals surface area contributed by atoms with Crippen LogP contribution in [-0.4, -0.2) is 27.4 Å². The maximum absolute atomic E-state index is 12.3. The molecule has 0 unspecified atom stereocenters. The first kappa shape index (κ1) is 15.0. The van der Waals surface area contributed by atoms with Crippen LogP contribution in [0.3, 0.4) is 0 Å². The number of amides is 1. The van der Waals surface area contributed by atoms with Crippen LogP contribution in [-0.2, 0) is 0 Å². The third-order valence-corrected chi connectivity index (χ3v) is 3.95. The molecule has 0 aliphatic heterocycles. The number of aromatic nitrogens is 2. The van der Waals surface area contributed by atoms with Gasteiger partial charge in [0.1, 0.15) is 0 Å². The van der Waals surface area contributed by atoms with Crippen LogP contribution in [0.15, 0.2) is 30.6 Å². The van der Waals surface area contributed by atoms with Gasteiger partial charge in [-0.2, -0.15) is 5.10 Å². The minimum atomic E-state index is -0.0573. The highest BCUT2D eigenvalue weighted by molar-refractivity contribution is 9.09. The van der Waals surface area contributed by atoms with Gasteiger partial charge in [-0.3, -0.25) is 4.79 Å². The van der Waals surface area contributed by atoms with Gasteiger partial charge in [0, 0.05) is 18.1 Å². The number of halogens is 1. The lowest BCUT2D eigenvalue weighted by Crippen LogP contribution is -2.34. The summed E-state index contributed by atoms with van der Waals surface area (Å²) < 4.78 is 1.71. The fraction of sp³-hybridized carbons (Fsp3) is 0.467. The monoisotopic (exact) mass is 337 g/mol. The van der Waals surface area contributed by atoms with Crippen LogP contribution in [0.1, 0.15) is 37.0 Å². The second-order valence-electron chi connectivity index (χ2n) is 5.73. The molecule has 0 saturated carbocycles. The number of hydrogen-bond acceptors (Lipinski definition) is 2. The summed E-state index contributed by atoms with van der Waals surface area (Å²) in [6.07, 6.45) is 5.65. The van der Waals surface area contributed by atoms with E-state index in [-0.39, 0.29) is 11.3 Å². The first-order chi connectivity index (χ1) is 9.53. The van der Waals surface area contributed by atoms with Gasteiger partial charge in [-0.25, -0.2) is 4.52 Å². The number of alkyl halides is 1. The smallest absolute Gasteiger partial charge is 0.255 e. The minimum Gasteiger partial charge on any atom is -0.351 e. The second-order valence-corrected chi connectivity index (χ2v) is 6.52. The molecule has 2 heterocycles. The Morgan fingerprint density at radius 3 is 3.00 bits per heavy atom. The first-order valence-corrected chi connectivity index (χ1v) is 7.92. The van der Waals surface area contributed by atoms with Gasteiger partial charge in [-0.05, 0) is 30.4 Å². The fourth-order valence-corrected chi connectivity index (χ4v) is 2.44. The Labute approximate surface area is 127 Å². The molecule has 0 radical (unpaired) electrons. The van der Waals surface area contributed by atoms with E-state index in [9.17, 15) is 4.79 Å². The van der Waals surface area contributed by atoms with Gasteiger partial charge in [0.05, 0.1) is 17.3 Å². The van der Waals surface area contributed by atoms with Crippen LogP contribution in [0, 0.1) is 5.41 Å². The highest BCUT2D eigenvalue weighted by Gasteiger charge is 2.20. The zero-order valence-electron chi connectivity index (χ0n) is 11.9. The molecule has 1 N–H and O–H groups in total. The van der Waals surface area contributed by atoms with Crippen LogP contribution in [0.4, 0.5) is 0 Å². The van der Waals surface area contributed by atoms with E-state index in [0.29, 0.717) is 12.1 Å². The number of pyridine rings is 1. The SMILES string of the molecule is CC(C)(CCCBr)CNC(=O)c1cnn2ccccc12. The van der Waals surface area contributed by atoms with E-state index in [4.69, 9.17) is 0 Å². The quantitative estimate of drug-likeness (QED) is 0.822. The molecule has 2 aromatic heterocycles. The van der Waals surface area contributed by atoms with Crippen molar-refractivity contribution < 1.29 is 4.79 Å². The zero-order valence-corrected chi connectivity index (χ0v) is 13.5. The predicted molar refractivity (Wildman–Crippen MR) is 84.3 cm³/mol. The molecule has 0 spiro atoms. The average molecular weight is 338 g/mol. The Balaban J connectivity index is 2.02. The Kier molecular flexibility index (Phi) is 4.81. The number of rotatable bonds is 6. The number of carbonyl (C=O) groups is 1. The molecule has 5 heteroatoms. The van der Waals surface area contributed by atoms with Crippen molar-refractivity contribution in [3.63, 3.8) is 0 Å².